The van der Waals surface area contributed by atoms with Crippen LogP contribution < -0.4 is 15.4 Å². The first-order chi connectivity index (χ1) is 18.4. The molecule has 2 aromatic rings. The summed E-state index contributed by atoms with van der Waals surface area (Å²) in [4.78, 5) is 31.3. The van der Waals surface area contributed by atoms with Gasteiger partial charge in [0, 0.05) is 45.2 Å². The molecule has 3 aliphatic rings. The van der Waals surface area contributed by atoms with Crippen LogP contribution in [0.5, 0.6) is 5.88 Å². The molecular weight excluding hydrogens is 502 g/mol. The van der Waals surface area contributed by atoms with Gasteiger partial charge in [0.2, 0.25) is 11.8 Å². The van der Waals surface area contributed by atoms with E-state index in [1.807, 2.05) is 12.1 Å². The predicted molar refractivity (Wildman–Crippen MR) is 151 cm³/mol. The largest absolute Gasteiger partial charge is 0.481 e. The Morgan fingerprint density at radius 2 is 2.13 bits per heavy atom. The van der Waals surface area contributed by atoms with Gasteiger partial charge in [-0.3, -0.25) is 14.7 Å². The molecule has 0 bridgehead atoms. The van der Waals surface area contributed by atoms with Crippen molar-refractivity contribution in [3.63, 3.8) is 0 Å². The molecular formula is C27H35N7O3S. The molecule has 0 aromatic carbocycles. The average Bonchev–Trinajstić information content (AvgIpc) is 3.47. The van der Waals surface area contributed by atoms with Crippen molar-refractivity contribution in [2.24, 2.45) is 4.99 Å². The van der Waals surface area contributed by atoms with Crippen molar-refractivity contribution in [3.05, 3.63) is 48.3 Å². The van der Waals surface area contributed by atoms with E-state index in [0.717, 1.165) is 53.2 Å². The second kappa shape index (κ2) is 11.6. The minimum atomic E-state index is -0.0407. The molecule has 202 valence electrons. The fraction of sp³-hybridized carbons (Fsp3) is 0.481. The molecule has 2 N–H and O–H groups in total. The molecule has 11 heteroatoms. The topological polar surface area (TPSA) is 104 Å². The molecule has 2 aromatic heterocycles. The third kappa shape index (κ3) is 6.40. The lowest BCUT2D eigenvalue weighted by Crippen LogP contribution is -2.45. The zero-order valence-corrected chi connectivity index (χ0v) is 23.0. The number of morpholine rings is 1. The molecule has 0 spiro atoms. The molecule has 0 aliphatic carbocycles. The highest BCUT2D eigenvalue weighted by atomic mass is 32.1. The third-order valence-corrected chi connectivity index (χ3v) is 7.62. The number of ether oxygens (including phenoxy) is 2. The van der Waals surface area contributed by atoms with E-state index in [0.29, 0.717) is 25.4 Å². The van der Waals surface area contributed by atoms with Gasteiger partial charge in [0.1, 0.15) is 22.0 Å². The summed E-state index contributed by atoms with van der Waals surface area (Å²) in [6.45, 7) is 11.8. The number of likely N-dealkylation sites (tertiary alicyclic amines) is 1. The number of pyridine rings is 1. The fourth-order valence-electron chi connectivity index (χ4n) is 5.13. The van der Waals surface area contributed by atoms with E-state index < -0.39 is 0 Å². The van der Waals surface area contributed by atoms with Crippen LogP contribution in [-0.4, -0.2) is 89.6 Å². The summed E-state index contributed by atoms with van der Waals surface area (Å²) in [7, 11) is 1.61. The molecule has 5 rings (SSSR count). The predicted octanol–water partition coefficient (Wildman–Crippen LogP) is 3.17. The van der Waals surface area contributed by atoms with E-state index in [1.165, 1.54) is 23.0 Å². The van der Waals surface area contributed by atoms with E-state index in [-0.39, 0.29) is 24.2 Å². The van der Waals surface area contributed by atoms with Crippen LogP contribution in [0.25, 0.3) is 10.3 Å². The summed E-state index contributed by atoms with van der Waals surface area (Å²) in [6, 6.07) is 3.78. The molecule has 2 fully saturated rings. The van der Waals surface area contributed by atoms with Crippen LogP contribution in [0.2, 0.25) is 0 Å². The third-order valence-electron chi connectivity index (χ3n) is 6.74. The highest BCUT2D eigenvalue weighted by Crippen LogP contribution is 2.27. The van der Waals surface area contributed by atoms with E-state index in [9.17, 15) is 4.79 Å². The molecule has 2 saturated heterocycles. The number of nitrogens with zero attached hydrogens (tertiary/aromatic N) is 5. The van der Waals surface area contributed by atoms with Gasteiger partial charge in [0.25, 0.3) is 0 Å². The summed E-state index contributed by atoms with van der Waals surface area (Å²) in [5.74, 6) is 2.20. The minimum absolute atomic E-state index is 0.0407. The lowest BCUT2D eigenvalue weighted by atomic mass is 10.1. The van der Waals surface area contributed by atoms with Crippen LogP contribution >= 0.6 is 11.3 Å². The normalized spacial score (nSPS) is 25.5. The molecule has 0 unspecified atom stereocenters. The van der Waals surface area contributed by atoms with E-state index in [4.69, 9.17) is 19.5 Å². The number of aromatic nitrogens is 2. The van der Waals surface area contributed by atoms with Crippen LogP contribution in [0.1, 0.15) is 26.7 Å². The number of amides is 1. The molecule has 3 aliphatic heterocycles. The molecule has 3 atom stereocenters. The number of methoxy groups -OCH3 is 1. The van der Waals surface area contributed by atoms with Crippen molar-refractivity contribution in [1.29, 1.82) is 0 Å². The number of carbonyl (C=O) groups excluding carboxylic acids is 1. The number of fused-ring (bicyclic) bond motifs is 1. The molecule has 0 saturated carbocycles. The highest BCUT2D eigenvalue weighted by Gasteiger charge is 2.26. The first kappa shape index (κ1) is 26.3. The molecule has 0 radical (unpaired) electrons. The monoisotopic (exact) mass is 537 g/mol. The van der Waals surface area contributed by atoms with Crippen molar-refractivity contribution in [1.82, 2.24) is 25.1 Å². The van der Waals surface area contributed by atoms with Crippen LogP contribution in [-0.2, 0) is 9.53 Å². The summed E-state index contributed by atoms with van der Waals surface area (Å²) < 4.78 is 11.2. The Hall–Kier alpha value is -3.28. The summed E-state index contributed by atoms with van der Waals surface area (Å²) in [5.41, 5.74) is 2.01. The second-order valence-electron chi connectivity index (χ2n) is 9.95. The van der Waals surface area contributed by atoms with Gasteiger partial charge in [0.15, 0.2) is 5.13 Å². The molecule has 38 heavy (non-hydrogen) atoms. The lowest BCUT2D eigenvalue weighted by Gasteiger charge is -2.35. The van der Waals surface area contributed by atoms with E-state index in [1.54, 1.807) is 12.0 Å². The van der Waals surface area contributed by atoms with Crippen LogP contribution in [0.3, 0.4) is 0 Å². The molecule has 5 heterocycles. The van der Waals surface area contributed by atoms with Gasteiger partial charge in [0.05, 0.1) is 25.4 Å². The average molecular weight is 538 g/mol. The number of anilines is 1. The van der Waals surface area contributed by atoms with Crippen LogP contribution in [0.15, 0.2) is 53.3 Å². The van der Waals surface area contributed by atoms with Gasteiger partial charge < -0.3 is 25.0 Å². The maximum atomic E-state index is 12.0. The Labute approximate surface area is 227 Å². The Kier molecular flexibility index (Phi) is 8.06. The van der Waals surface area contributed by atoms with Gasteiger partial charge in [-0.2, -0.15) is 0 Å². The van der Waals surface area contributed by atoms with Gasteiger partial charge in [-0.15, -0.1) is 0 Å². The Morgan fingerprint density at radius 3 is 2.89 bits per heavy atom. The fourth-order valence-corrected chi connectivity index (χ4v) is 5.97. The maximum Gasteiger partial charge on any atom is 0.246 e. The van der Waals surface area contributed by atoms with Crippen molar-refractivity contribution in [3.8, 4) is 5.88 Å². The second-order valence-corrected chi connectivity index (χ2v) is 10.9. The van der Waals surface area contributed by atoms with Gasteiger partial charge in [-0.05, 0) is 44.1 Å². The number of nitrogens with one attached hydrogen (secondary N) is 2. The van der Waals surface area contributed by atoms with Gasteiger partial charge >= 0.3 is 0 Å². The number of carbonyl (C=O) groups is 1. The Bertz CT molecular complexity index is 1280. The Morgan fingerprint density at radius 1 is 1.32 bits per heavy atom. The number of thiazole rings is 1. The van der Waals surface area contributed by atoms with Gasteiger partial charge in [-0.1, -0.05) is 24.0 Å². The SMILES string of the molecule is C=CC(=O)N1CC[C@H](N=C2CC=C(CN3C[C@@H](C)O[C@@H](C)C3)C=C(Nc3nc4ccc(OC)nc4s3)N2)C1. The summed E-state index contributed by atoms with van der Waals surface area (Å²) in [5, 5.41) is 7.69. The van der Waals surface area contributed by atoms with E-state index in [2.05, 4.69) is 53.1 Å². The minimum Gasteiger partial charge on any atom is -0.481 e. The molecule has 1 amide bonds. The number of aliphatic imine (C=N–C) groups is 1. The van der Waals surface area contributed by atoms with Crippen LogP contribution in [0.4, 0.5) is 5.13 Å². The quantitative estimate of drug-likeness (QED) is 0.519. The number of rotatable bonds is 7. The standard InChI is InChI=1S/C27H35N7O3S/c1-5-25(35)34-11-10-20(16-34)28-22-8-6-19(15-33-13-17(2)37-18(3)14-33)12-23(30-22)31-27-29-21-7-9-24(36-4)32-26(21)38-27/h5-7,9,12,17-18,20H,1,8,10-11,13-16H2,2-4H3,(H,28,30)(H,29,31)/t17-,18+,20-/m0/s1. The summed E-state index contributed by atoms with van der Waals surface area (Å²) >= 11 is 1.47. The van der Waals surface area contributed by atoms with Crippen molar-refractivity contribution < 1.29 is 14.3 Å². The van der Waals surface area contributed by atoms with Gasteiger partial charge in [-0.25, -0.2) is 9.97 Å². The highest BCUT2D eigenvalue weighted by molar-refractivity contribution is 7.21. The number of hydrogen-bond acceptors (Lipinski definition) is 9. The Balaban J connectivity index is 1.37. The van der Waals surface area contributed by atoms with Crippen molar-refractivity contribution in [2.75, 3.05) is 45.2 Å². The summed E-state index contributed by atoms with van der Waals surface area (Å²) in [6.07, 6.45) is 7.66. The first-order valence-corrected chi connectivity index (χ1v) is 13.8. The number of amidine groups is 1. The first-order valence-electron chi connectivity index (χ1n) is 13.0. The smallest absolute Gasteiger partial charge is 0.246 e. The number of hydrogen-bond donors (Lipinski definition) is 2. The molecule has 10 nitrogen and oxygen atoms in total. The van der Waals surface area contributed by atoms with Crippen molar-refractivity contribution >= 4 is 38.6 Å². The van der Waals surface area contributed by atoms with Crippen molar-refractivity contribution in [2.45, 2.75) is 44.9 Å². The zero-order valence-electron chi connectivity index (χ0n) is 22.1. The maximum absolute atomic E-state index is 12.0. The zero-order chi connectivity index (χ0) is 26.6. The van der Waals surface area contributed by atoms with E-state index >= 15 is 0 Å². The van der Waals surface area contributed by atoms with Crippen LogP contribution in [0, 0.1) is 0 Å². The lowest BCUT2D eigenvalue weighted by molar-refractivity contribution is -0.125.